The third kappa shape index (κ3) is 4.19. The standard InChI is InChI=1S/C27H17Cl2NO3/c28-19-9-11-24(29)23(15-19)26-12-10-22(33-26)13-18-14-25(17-5-2-1-3-6-17)30(27(18)32)20-7-4-8-21(31)16-20/h1-16,31H. The van der Waals surface area contributed by atoms with Crippen LogP contribution in [0.25, 0.3) is 23.1 Å². The molecule has 5 rings (SSSR count). The first-order chi connectivity index (χ1) is 16.0. The van der Waals surface area contributed by atoms with Gasteiger partial charge in [0.2, 0.25) is 0 Å². The highest BCUT2D eigenvalue weighted by atomic mass is 35.5. The van der Waals surface area contributed by atoms with Crippen molar-refractivity contribution in [3.63, 3.8) is 0 Å². The molecule has 3 aromatic carbocycles. The fourth-order valence-electron chi connectivity index (χ4n) is 3.74. The van der Waals surface area contributed by atoms with Crippen LogP contribution in [0.5, 0.6) is 5.75 Å². The van der Waals surface area contributed by atoms with E-state index >= 15 is 0 Å². The van der Waals surface area contributed by atoms with Crippen LogP contribution in [0.4, 0.5) is 5.69 Å². The fraction of sp³-hybridized carbons (Fsp3) is 0. The number of nitrogens with zero attached hydrogens (tertiary/aromatic N) is 1. The van der Waals surface area contributed by atoms with Gasteiger partial charge in [0.15, 0.2) is 0 Å². The van der Waals surface area contributed by atoms with Gasteiger partial charge in [-0.15, -0.1) is 0 Å². The van der Waals surface area contributed by atoms with Crippen LogP contribution in [0.2, 0.25) is 10.0 Å². The van der Waals surface area contributed by atoms with Crippen molar-refractivity contribution < 1.29 is 14.3 Å². The van der Waals surface area contributed by atoms with Crippen LogP contribution in [-0.2, 0) is 4.79 Å². The second-order valence-corrected chi connectivity index (χ2v) is 8.33. The summed E-state index contributed by atoms with van der Waals surface area (Å²) >= 11 is 12.4. The minimum absolute atomic E-state index is 0.0826. The Morgan fingerprint density at radius 3 is 2.48 bits per heavy atom. The highest BCUT2D eigenvalue weighted by Gasteiger charge is 2.30. The molecule has 4 aromatic rings. The monoisotopic (exact) mass is 473 g/mol. The van der Waals surface area contributed by atoms with Gasteiger partial charge in [0.05, 0.1) is 16.4 Å². The molecule has 4 nitrogen and oxygen atoms in total. The summed E-state index contributed by atoms with van der Waals surface area (Å²) in [6.45, 7) is 0. The molecule has 1 N–H and O–H groups in total. The van der Waals surface area contributed by atoms with Crippen molar-refractivity contribution in [2.24, 2.45) is 0 Å². The van der Waals surface area contributed by atoms with Crippen LogP contribution in [0.1, 0.15) is 11.3 Å². The number of halogens is 2. The number of rotatable bonds is 4. The summed E-state index contributed by atoms with van der Waals surface area (Å²) in [4.78, 5) is 15.0. The highest BCUT2D eigenvalue weighted by Crippen LogP contribution is 2.37. The maximum absolute atomic E-state index is 13.4. The van der Waals surface area contributed by atoms with E-state index in [1.807, 2.05) is 36.4 Å². The average Bonchev–Trinajstić information content (AvgIpc) is 3.41. The van der Waals surface area contributed by atoms with E-state index in [0.29, 0.717) is 44.1 Å². The molecular formula is C27H17Cl2NO3. The first kappa shape index (κ1) is 21.1. The van der Waals surface area contributed by atoms with Crippen LogP contribution < -0.4 is 4.90 Å². The van der Waals surface area contributed by atoms with Crippen LogP contribution in [0.15, 0.2) is 101 Å². The quantitative estimate of drug-likeness (QED) is 0.313. The predicted molar refractivity (Wildman–Crippen MR) is 132 cm³/mol. The van der Waals surface area contributed by atoms with Gasteiger partial charge >= 0.3 is 0 Å². The maximum Gasteiger partial charge on any atom is 0.263 e. The Hall–Kier alpha value is -3.73. The third-order valence-electron chi connectivity index (χ3n) is 5.26. The largest absolute Gasteiger partial charge is 0.508 e. The Morgan fingerprint density at radius 2 is 1.70 bits per heavy atom. The zero-order valence-corrected chi connectivity index (χ0v) is 18.7. The Balaban J connectivity index is 1.56. The number of phenolic OH excluding ortho intramolecular Hbond substituents is 1. The molecule has 0 aliphatic carbocycles. The Labute approximate surface area is 200 Å². The molecule has 1 aromatic heterocycles. The van der Waals surface area contributed by atoms with E-state index in [9.17, 15) is 9.90 Å². The fourth-order valence-corrected chi connectivity index (χ4v) is 4.12. The van der Waals surface area contributed by atoms with Crippen molar-refractivity contribution in [3.8, 4) is 17.1 Å². The number of anilines is 1. The van der Waals surface area contributed by atoms with E-state index in [1.165, 1.54) is 0 Å². The summed E-state index contributed by atoms with van der Waals surface area (Å²) in [7, 11) is 0. The number of furan rings is 1. The first-order valence-corrected chi connectivity index (χ1v) is 10.9. The van der Waals surface area contributed by atoms with Crippen LogP contribution >= 0.6 is 23.2 Å². The normalized spacial score (nSPS) is 14.7. The minimum atomic E-state index is -0.224. The van der Waals surface area contributed by atoms with Gasteiger partial charge in [0.1, 0.15) is 17.3 Å². The van der Waals surface area contributed by atoms with Gasteiger partial charge in [0, 0.05) is 22.2 Å². The molecule has 6 heteroatoms. The van der Waals surface area contributed by atoms with E-state index < -0.39 is 0 Å². The Morgan fingerprint density at radius 1 is 0.879 bits per heavy atom. The molecule has 162 valence electrons. The molecule has 0 saturated carbocycles. The molecule has 1 aliphatic heterocycles. The number of hydrogen-bond donors (Lipinski definition) is 1. The smallest absolute Gasteiger partial charge is 0.263 e. The lowest BCUT2D eigenvalue weighted by Crippen LogP contribution is -2.24. The number of carbonyl (C=O) groups is 1. The minimum Gasteiger partial charge on any atom is -0.508 e. The topological polar surface area (TPSA) is 53.7 Å². The molecular weight excluding hydrogens is 457 g/mol. The van der Waals surface area contributed by atoms with Crippen molar-refractivity contribution in [1.82, 2.24) is 0 Å². The van der Waals surface area contributed by atoms with Crippen molar-refractivity contribution in [3.05, 3.63) is 118 Å². The number of hydrogen-bond acceptors (Lipinski definition) is 3. The van der Waals surface area contributed by atoms with E-state index in [1.54, 1.807) is 65.6 Å². The van der Waals surface area contributed by atoms with Crippen LogP contribution in [0, 0.1) is 0 Å². The predicted octanol–water partition coefficient (Wildman–Crippen LogP) is 7.43. The molecule has 2 heterocycles. The summed E-state index contributed by atoms with van der Waals surface area (Å²) in [6, 6.07) is 24.9. The maximum atomic E-state index is 13.4. The van der Waals surface area contributed by atoms with Gasteiger partial charge in [-0.25, -0.2) is 0 Å². The van der Waals surface area contributed by atoms with E-state index in [0.717, 1.165) is 5.56 Å². The van der Waals surface area contributed by atoms with Crippen molar-refractivity contribution in [1.29, 1.82) is 0 Å². The van der Waals surface area contributed by atoms with Gasteiger partial charge < -0.3 is 9.52 Å². The molecule has 0 radical (unpaired) electrons. The van der Waals surface area contributed by atoms with Gasteiger partial charge in [-0.3, -0.25) is 9.69 Å². The number of amides is 1. The van der Waals surface area contributed by atoms with Gasteiger partial charge in [-0.2, -0.15) is 0 Å². The lowest BCUT2D eigenvalue weighted by Gasteiger charge is -2.21. The number of phenols is 1. The molecule has 1 aliphatic rings. The summed E-state index contributed by atoms with van der Waals surface area (Å²) in [5, 5.41) is 11.0. The van der Waals surface area contributed by atoms with E-state index in [4.69, 9.17) is 27.6 Å². The molecule has 0 saturated heterocycles. The zero-order chi connectivity index (χ0) is 22.9. The first-order valence-electron chi connectivity index (χ1n) is 10.2. The van der Waals surface area contributed by atoms with Gasteiger partial charge in [-0.1, -0.05) is 59.6 Å². The van der Waals surface area contributed by atoms with Crippen molar-refractivity contribution in [2.45, 2.75) is 0 Å². The van der Waals surface area contributed by atoms with Gasteiger partial charge in [-0.05, 0) is 60.2 Å². The number of aromatic hydroxyl groups is 1. The summed E-state index contributed by atoms with van der Waals surface area (Å²) in [6.07, 6.45) is 3.51. The zero-order valence-electron chi connectivity index (χ0n) is 17.2. The van der Waals surface area contributed by atoms with Crippen molar-refractivity contribution in [2.75, 3.05) is 4.90 Å². The molecule has 0 spiro atoms. The summed E-state index contributed by atoms with van der Waals surface area (Å²) < 4.78 is 5.96. The van der Waals surface area contributed by atoms with E-state index in [2.05, 4.69) is 0 Å². The summed E-state index contributed by atoms with van der Waals surface area (Å²) in [5.74, 6) is 0.917. The van der Waals surface area contributed by atoms with Crippen LogP contribution in [-0.4, -0.2) is 11.0 Å². The molecule has 0 fully saturated rings. The van der Waals surface area contributed by atoms with E-state index in [-0.39, 0.29) is 11.7 Å². The number of benzene rings is 3. The van der Waals surface area contributed by atoms with Crippen LogP contribution in [0.3, 0.4) is 0 Å². The van der Waals surface area contributed by atoms with Crippen molar-refractivity contribution >= 4 is 46.6 Å². The Kier molecular flexibility index (Phi) is 5.55. The highest BCUT2D eigenvalue weighted by molar-refractivity contribution is 6.35. The lowest BCUT2D eigenvalue weighted by molar-refractivity contribution is -0.113. The molecule has 0 atom stereocenters. The average molecular weight is 474 g/mol. The molecule has 33 heavy (non-hydrogen) atoms. The lowest BCUT2D eigenvalue weighted by atomic mass is 10.1. The third-order valence-corrected chi connectivity index (χ3v) is 5.82. The Bertz CT molecular complexity index is 1420. The second kappa shape index (κ2) is 8.66. The summed E-state index contributed by atoms with van der Waals surface area (Å²) in [5.41, 5.74) is 3.29. The number of carbonyl (C=O) groups excluding carboxylic acids is 1. The second-order valence-electron chi connectivity index (χ2n) is 7.48. The SMILES string of the molecule is O=C1C(=Cc2ccc(-c3cc(Cl)ccc3Cl)o2)C=C(c2ccccc2)N1c1cccc(O)c1. The molecule has 1 amide bonds. The van der Waals surface area contributed by atoms with Gasteiger partial charge in [0.25, 0.3) is 5.91 Å². The molecule has 0 bridgehead atoms. The molecule has 0 unspecified atom stereocenters.